The molecule has 0 heterocycles. The zero-order chi connectivity index (χ0) is 12.3. The topological polar surface area (TPSA) is 39.1 Å². The van der Waals surface area contributed by atoms with E-state index in [0.717, 1.165) is 31.8 Å². The Morgan fingerprint density at radius 2 is 2.12 bits per heavy atom. The summed E-state index contributed by atoms with van der Waals surface area (Å²) >= 11 is 0. The quantitative estimate of drug-likeness (QED) is 0.766. The molecule has 2 unspecified atom stereocenters. The Morgan fingerprint density at radius 3 is 2.65 bits per heavy atom. The summed E-state index contributed by atoms with van der Waals surface area (Å²) in [4.78, 5) is 2.61. The third-order valence-corrected chi connectivity index (χ3v) is 4.33. The molecule has 0 saturated heterocycles. The third-order valence-electron chi connectivity index (χ3n) is 4.33. The lowest BCUT2D eigenvalue weighted by Crippen LogP contribution is -2.44. The van der Waals surface area contributed by atoms with Crippen molar-refractivity contribution < 1.29 is 0 Å². The Hall–Kier alpha value is -0.590. The van der Waals surface area contributed by atoms with Crippen molar-refractivity contribution >= 4 is 0 Å². The van der Waals surface area contributed by atoms with E-state index in [0.29, 0.717) is 6.04 Å². The second-order valence-corrected chi connectivity index (χ2v) is 5.65. The molecule has 2 aliphatic rings. The summed E-state index contributed by atoms with van der Waals surface area (Å²) in [5, 5.41) is 12.8. The minimum atomic E-state index is -0.240. The van der Waals surface area contributed by atoms with E-state index in [9.17, 15) is 5.26 Å². The van der Waals surface area contributed by atoms with E-state index in [-0.39, 0.29) is 5.54 Å². The maximum Gasteiger partial charge on any atom is 0.108 e. The lowest BCUT2D eigenvalue weighted by Gasteiger charge is -2.29. The Morgan fingerprint density at radius 1 is 1.35 bits per heavy atom. The number of nitrogens with zero attached hydrogens (tertiary/aromatic N) is 2. The fourth-order valence-corrected chi connectivity index (χ4v) is 3.14. The monoisotopic (exact) mass is 235 g/mol. The minimum Gasteiger partial charge on any atom is -0.300 e. The Bertz CT molecular complexity index is 292. The number of nitrogens with one attached hydrogen (secondary N) is 1. The molecule has 0 aromatic carbocycles. The van der Waals surface area contributed by atoms with Gasteiger partial charge in [-0.2, -0.15) is 5.26 Å². The summed E-state index contributed by atoms with van der Waals surface area (Å²) in [5.41, 5.74) is -0.240. The molecule has 3 nitrogen and oxygen atoms in total. The molecule has 0 spiro atoms. The highest BCUT2D eigenvalue weighted by Crippen LogP contribution is 2.36. The molecule has 2 rings (SSSR count). The van der Waals surface area contributed by atoms with Crippen LogP contribution in [0.2, 0.25) is 0 Å². The van der Waals surface area contributed by atoms with Crippen LogP contribution in [-0.4, -0.2) is 36.1 Å². The van der Waals surface area contributed by atoms with Crippen molar-refractivity contribution in [3.05, 3.63) is 0 Å². The highest BCUT2D eigenvalue weighted by Gasteiger charge is 2.41. The van der Waals surface area contributed by atoms with Crippen LogP contribution >= 0.6 is 0 Å². The summed E-state index contributed by atoms with van der Waals surface area (Å²) in [6, 6.07) is 3.14. The van der Waals surface area contributed by atoms with Gasteiger partial charge in [0.25, 0.3) is 0 Å². The summed E-state index contributed by atoms with van der Waals surface area (Å²) in [6.45, 7) is 7.63. The van der Waals surface area contributed by atoms with Gasteiger partial charge in [-0.25, -0.2) is 0 Å². The van der Waals surface area contributed by atoms with Gasteiger partial charge >= 0.3 is 0 Å². The summed E-state index contributed by atoms with van der Waals surface area (Å²) in [6.07, 6.45) is 6.04. The molecule has 3 heteroatoms. The first-order chi connectivity index (χ1) is 8.23. The molecular formula is C14H25N3. The molecular weight excluding hydrogens is 210 g/mol. The van der Waals surface area contributed by atoms with Gasteiger partial charge < -0.3 is 4.90 Å². The van der Waals surface area contributed by atoms with Gasteiger partial charge in [-0.05, 0) is 51.1 Å². The van der Waals surface area contributed by atoms with Gasteiger partial charge in [-0.15, -0.1) is 0 Å². The number of nitriles is 1. The largest absolute Gasteiger partial charge is 0.300 e. The molecule has 17 heavy (non-hydrogen) atoms. The van der Waals surface area contributed by atoms with Gasteiger partial charge in [0.15, 0.2) is 0 Å². The number of hydrogen-bond donors (Lipinski definition) is 1. The molecule has 0 amide bonds. The Labute approximate surface area is 105 Å². The van der Waals surface area contributed by atoms with Gasteiger partial charge in [0.1, 0.15) is 5.54 Å². The van der Waals surface area contributed by atoms with Crippen molar-refractivity contribution in [1.82, 2.24) is 10.2 Å². The molecule has 2 saturated carbocycles. The number of hydrogen-bond acceptors (Lipinski definition) is 3. The van der Waals surface area contributed by atoms with Crippen LogP contribution in [0, 0.1) is 17.2 Å². The van der Waals surface area contributed by atoms with Crippen LogP contribution in [-0.2, 0) is 0 Å². The molecule has 1 N–H and O–H groups in total. The van der Waals surface area contributed by atoms with Crippen LogP contribution in [0.25, 0.3) is 0 Å². The maximum absolute atomic E-state index is 9.38. The summed E-state index contributed by atoms with van der Waals surface area (Å²) in [5.74, 6) is 0.950. The van der Waals surface area contributed by atoms with E-state index < -0.39 is 0 Å². The lowest BCUT2D eigenvalue weighted by molar-refractivity contribution is 0.194. The standard InChI is InChI=1S/C14H25N3/c1-3-16-14(11-15)8-7-13(9-14)17(4-2)10-12-5-6-12/h12-13,16H,3-10H2,1-2H3. The van der Waals surface area contributed by atoms with Crippen molar-refractivity contribution in [3.63, 3.8) is 0 Å². The van der Waals surface area contributed by atoms with Crippen LogP contribution in [0.3, 0.4) is 0 Å². The third kappa shape index (κ3) is 3.00. The van der Waals surface area contributed by atoms with Crippen LogP contribution in [0.1, 0.15) is 46.0 Å². The molecule has 2 aliphatic carbocycles. The molecule has 96 valence electrons. The van der Waals surface area contributed by atoms with E-state index in [1.807, 2.05) is 0 Å². The second-order valence-electron chi connectivity index (χ2n) is 5.65. The molecule has 0 aromatic heterocycles. The fourth-order valence-electron chi connectivity index (χ4n) is 3.14. The normalized spacial score (nSPS) is 32.9. The molecule has 0 radical (unpaired) electrons. The fraction of sp³-hybridized carbons (Fsp3) is 0.929. The van der Waals surface area contributed by atoms with Crippen molar-refractivity contribution in [2.45, 2.75) is 57.5 Å². The predicted molar refractivity (Wildman–Crippen MR) is 69.6 cm³/mol. The zero-order valence-corrected chi connectivity index (χ0v) is 11.2. The molecule has 0 aliphatic heterocycles. The van der Waals surface area contributed by atoms with Gasteiger partial charge in [0.2, 0.25) is 0 Å². The van der Waals surface area contributed by atoms with Crippen molar-refractivity contribution in [1.29, 1.82) is 5.26 Å². The number of rotatable bonds is 6. The van der Waals surface area contributed by atoms with Crippen LogP contribution in [0.15, 0.2) is 0 Å². The average Bonchev–Trinajstić information content (AvgIpc) is 3.07. The highest BCUT2D eigenvalue weighted by atomic mass is 15.2. The highest BCUT2D eigenvalue weighted by molar-refractivity contribution is 5.13. The Kier molecular flexibility index (Phi) is 4.06. The first kappa shape index (κ1) is 12.9. The predicted octanol–water partition coefficient (Wildman–Crippen LogP) is 2.14. The second kappa shape index (κ2) is 5.37. The van der Waals surface area contributed by atoms with Crippen molar-refractivity contribution in [2.75, 3.05) is 19.6 Å². The van der Waals surface area contributed by atoms with Crippen LogP contribution in [0.5, 0.6) is 0 Å². The smallest absolute Gasteiger partial charge is 0.108 e. The molecule has 2 fully saturated rings. The van der Waals surface area contributed by atoms with E-state index in [1.54, 1.807) is 0 Å². The zero-order valence-electron chi connectivity index (χ0n) is 11.2. The first-order valence-corrected chi connectivity index (χ1v) is 7.13. The van der Waals surface area contributed by atoms with Gasteiger partial charge in [-0.3, -0.25) is 5.32 Å². The Balaban J connectivity index is 1.92. The SMILES string of the molecule is CCNC1(C#N)CCC(N(CC)CC2CC2)C1. The van der Waals surface area contributed by atoms with Gasteiger partial charge in [0.05, 0.1) is 6.07 Å². The molecule has 0 bridgehead atoms. The van der Waals surface area contributed by atoms with E-state index in [2.05, 4.69) is 30.1 Å². The lowest BCUT2D eigenvalue weighted by atomic mass is 9.99. The summed E-state index contributed by atoms with van der Waals surface area (Å²) in [7, 11) is 0. The first-order valence-electron chi connectivity index (χ1n) is 7.13. The maximum atomic E-state index is 9.38. The van der Waals surface area contributed by atoms with Crippen molar-refractivity contribution in [3.8, 4) is 6.07 Å². The van der Waals surface area contributed by atoms with E-state index >= 15 is 0 Å². The minimum absolute atomic E-state index is 0.240. The van der Waals surface area contributed by atoms with Crippen LogP contribution in [0.4, 0.5) is 0 Å². The molecule has 2 atom stereocenters. The van der Waals surface area contributed by atoms with E-state index in [1.165, 1.54) is 25.8 Å². The molecule has 0 aromatic rings. The average molecular weight is 235 g/mol. The van der Waals surface area contributed by atoms with Crippen LogP contribution < -0.4 is 5.32 Å². The van der Waals surface area contributed by atoms with Gasteiger partial charge in [0, 0.05) is 12.6 Å². The summed E-state index contributed by atoms with van der Waals surface area (Å²) < 4.78 is 0. The van der Waals surface area contributed by atoms with Crippen molar-refractivity contribution in [2.24, 2.45) is 5.92 Å². The van der Waals surface area contributed by atoms with Gasteiger partial charge in [-0.1, -0.05) is 13.8 Å². The van der Waals surface area contributed by atoms with E-state index in [4.69, 9.17) is 0 Å².